The van der Waals surface area contributed by atoms with E-state index in [2.05, 4.69) is 20.9 Å². The van der Waals surface area contributed by atoms with Crippen LogP contribution in [-0.2, 0) is 0 Å². The smallest absolute Gasteiger partial charge is 0.312 e. The molecule has 1 aromatic carbocycles. The Morgan fingerprint density at radius 1 is 1.40 bits per heavy atom. The van der Waals surface area contributed by atoms with E-state index in [0.717, 1.165) is 0 Å². The number of nitrogens with zero attached hydrogens (tertiary/aromatic N) is 2. The number of nitro benzene ring substituents is 1. The molecule has 3 N–H and O–H groups in total. The van der Waals surface area contributed by atoms with Gasteiger partial charge in [0.15, 0.2) is 0 Å². The van der Waals surface area contributed by atoms with Crippen LogP contribution in [0.1, 0.15) is 5.56 Å². The van der Waals surface area contributed by atoms with Gasteiger partial charge in [-0.2, -0.15) is 0 Å². The molecule has 1 heterocycles. The van der Waals surface area contributed by atoms with Crippen LogP contribution in [0, 0.1) is 15.5 Å². The SMILES string of the molecule is N=C(N)c1cccnc1Oc1c(Br)cccc1[N+](=O)[O-]. The van der Waals surface area contributed by atoms with E-state index in [-0.39, 0.29) is 28.7 Å². The summed E-state index contributed by atoms with van der Waals surface area (Å²) in [6.45, 7) is 0. The highest BCUT2D eigenvalue weighted by molar-refractivity contribution is 9.10. The molecule has 0 saturated carbocycles. The van der Waals surface area contributed by atoms with Gasteiger partial charge in [0.1, 0.15) is 5.84 Å². The van der Waals surface area contributed by atoms with E-state index in [1.807, 2.05) is 0 Å². The van der Waals surface area contributed by atoms with Crippen molar-refractivity contribution in [2.45, 2.75) is 0 Å². The maximum Gasteiger partial charge on any atom is 0.312 e. The minimum absolute atomic E-state index is 0.0127. The highest BCUT2D eigenvalue weighted by atomic mass is 79.9. The second-order valence-corrected chi connectivity index (χ2v) is 4.57. The van der Waals surface area contributed by atoms with Crippen molar-refractivity contribution in [3.8, 4) is 11.6 Å². The van der Waals surface area contributed by atoms with E-state index in [4.69, 9.17) is 15.9 Å². The highest BCUT2D eigenvalue weighted by Gasteiger charge is 2.20. The lowest BCUT2D eigenvalue weighted by Crippen LogP contribution is -2.13. The summed E-state index contributed by atoms with van der Waals surface area (Å²) in [4.78, 5) is 14.4. The number of benzene rings is 1. The molecule has 0 fully saturated rings. The van der Waals surface area contributed by atoms with Gasteiger partial charge < -0.3 is 10.5 Å². The topological polar surface area (TPSA) is 115 Å². The fourth-order valence-electron chi connectivity index (χ4n) is 1.52. The Labute approximate surface area is 122 Å². The van der Waals surface area contributed by atoms with Crippen LogP contribution >= 0.6 is 15.9 Å². The second-order valence-electron chi connectivity index (χ2n) is 3.72. The third-order valence-corrected chi connectivity index (χ3v) is 3.03. The zero-order valence-corrected chi connectivity index (χ0v) is 11.6. The number of nitro groups is 1. The number of halogens is 1. The molecule has 0 unspecified atom stereocenters. The standard InChI is InChI=1S/C12H9BrN4O3/c13-8-4-1-5-9(17(18)19)10(8)20-12-7(11(14)15)3-2-6-16-12/h1-6H,(H3,14,15). The van der Waals surface area contributed by atoms with Gasteiger partial charge >= 0.3 is 5.69 Å². The quantitative estimate of drug-likeness (QED) is 0.385. The van der Waals surface area contributed by atoms with Crippen LogP contribution in [-0.4, -0.2) is 15.7 Å². The monoisotopic (exact) mass is 336 g/mol. The Hall–Kier alpha value is -2.48. The average molecular weight is 337 g/mol. The fourth-order valence-corrected chi connectivity index (χ4v) is 1.95. The zero-order chi connectivity index (χ0) is 14.7. The number of aromatic nitrogens is 1. The van der Waals surface area contributed by atoms with E-state index >= 15 is 0 Å². The van der Waals surface area contributed by atoms with Gasteiger partial charge in [0.05, 0.1) is 15.0 Å². The maximum absolute atomic E-state index is 11.0. The Balaban J connectivity index is 2.51. The largest absolute Gasteiger partial charge is 0.430 e. The first-order valence-electron chi connectivity index (χ1n) is 5.41. The Morgan fingerprint density at radius 2 is 2.15 bits per heavy atom. The van der Waals surface area contributed by atoms with Crippen molar-refractivity contribution in [3.63, 3.8) is 0 Å². The van der Waals surface area contributed by atoms with Crippen LogP contribution in [0.5, 0.6) is 11.6 Å². The minimum Gasteiger partial charge on any atom is -0.430 e. The van der Waals surface area contributed by atoms with E-state index in [9.17, 15) is 10.1 Å². The molecule has 0 amide bonds. The average Bonchev–Trinajstić information content (AvgIpc) is 2.41. The van der Waals surface area contributed by atoms with Gasteiger partial charge in [-0.1, -0.05) is 6.07 Å². The first-order valence-corrected chi connectivity index (χ1v) is 6.20. The highest BCUT2D eigenvalue weighted by Crippen LogP contribution is 2.38. The van der Waals surface area contributed by atoms with E-state index in [0.29, 0.717) is 4.47 Å². The van der Waals surface area contributed by atoms with E-state index in [1.54, 1.807) is 18.2 Å². The number of pyridine rings is 1. The third kappa shape index (κ3) is 2.75. The summed E-state index contributed by atoms with van der Waals surface area (Å²) >= 11 is 3.19. The molecule has 0 aliphatic carbocycles. The van der Waals surface area contributed by atoms with E-state index in [1.165, 1.54) is 18.3 Å². The lowest BCUT2D eigenvalue weighted by molar-refractivity contribution is -0.385. The Morgan fingerprint density at radius 3 is 2.80 bits per heavy atom. The summed E-state index contributed by atoms with van der Waals surface area (Å²) in [7, 11) is 0. The lowest BCUT2D eigenvalue weighted by Gasteiger charge is -2.10. The molecular weight excluding hydrogens is 328 g/mol. The maximum atomic E-state index is 11.0. The predicted octanol–water partition coefficient (Wildman–Crippen LogP) is 2.83. The molecule has 0 aliphatic heterocycles. The number of ether oxygens (including phenoxy) is 1. The third-order valence-electron chi connectivity index (χ3n) is 2.40. The Bertz CT molecular complexity index is 690. The molecule has 0 spiro atoms. The number of hydrogen-bond acceptors (Lipinski definition) is 5. The zero-order valence-electron chi connectivity index (χ0n) is 10.0. The molecule has 102 valence electrons. The molecular formula is C12H9BrN4O3. The second kappa shape index (κ2) is 5.66. The Kier molecular flexibility index (Phi) is 3.94. The fraction of sp³-hybridized carbons (Fsp3) is 0. The van der Waals surface area contributed by atoms with Gasteiger partial charge in [-0.25, -0.2) is 4.98 Å². The number of para-hydroxylation sites is 1. The van der Waals surface area contributed by atoms with Crippen LogP contribution in [0.3, 0.4) is 0 Å². The lowest BCUT2D eigenvalue weighted by atomic mass is 10.2. The molecule has 20 heavy (non-hydrogen) atoms. The molecule has 0 bridgehead atoms. The van der Waals surface area contributed by atoms with Crippen LogP contribution in [0.2, 0.25) is 0 Å². The molecule has 0 saturated heterocycles. The molecule has 2 aromatic rings. The summed E-state index contributed by atoms with van der Waals surface area (Å²) in [5, 5.41) is 18.4. The normalized spacial score (nSPS) is 10.1. The van der Waals surface area contributed by atoms with Crippen LogP contribution in [0.15, 0.2) is 41.0 Å². The van der Waals surface area contributed by atoms with Crippen LogP contribution in [0.25, 0.3) is 0 Å². The number of nitrogen functional groups attached to an aromatic ring is 1. The van der Waals surface area contributed by atoms with Crippen molar-refractivity contribution < 1.29 is 9.66 Å². The van der Waals surface area contributed by atoms with E-state index < -0.39 is 4.92 Å². The van der Waals surface area contributed by atoms with Gasteiger partial charge in [0, 0.05) is 12.3 Å². The van der Waals surface area contributed by atoms with Crippen molar-refractivity contribution in [1.29, 1.82) is 5.41 Å². The molecule has 0 aliphatic rings. The van der Waals surface area contributed by atoms with Gasteiger partial charge in [-0.3, -0.25) is 15.5 Å². The van der Waals surface area contributed by atoms with Crippen molar-refractivity contribution in [2.75, 3.05) is 0 Å². The molecule has 7 nitrogen and oxygen atoms in total. The molecule has 0 radical (unpaired) electrons. The first kappa shape index (κ1) is 13.9. The van der Waals surface area contributed by atoms with Crippen molar-refractivity contribution in [2.24, 2.45) is 5.73 Å². The summed E-state index contributed by atoms with van der Waals surface area (Å²) in [5.74, 6) is -0.184. The van der Waals surface area contributed by atoms with Crippen molar-refractivity contribution in [3.05, 3.63) is 56.7 Å². The van der Waals surface area contributed by atoms with Gasteiger partial charge in [0.25, 0.3) is 0 Å². The summed E-state index contributed by atoms with van der Waals surface area (Å²) < 4.78 is 5.88. The summed E-state index contributed by atoms with van der Waals surface area (Å²) in [6.07, 6.45) is 1.45. The number of nitrogens with one attached hydrogen (secondary N) is 1. The molecule has 0 atom stereocenters. The summed E-state index contributed by atoms with van der Waals surface area (Å²) in [5.41, 5.74) is 5.47. The van der Waals surface area contributed by atoms with Crippen LogP contribution in [0.4, 0.5) is 5.69 Å². The summed E-state index contributed by atoms with van der Waals surface area (Å²) in [6, 6.07) is 7.60. The van der Waals surface area contributed by atoms with Gasteiger partial charge in [-0.15, -0.1) is 0 Å². The van der Waals surface area contributed by atoms with Crippen LogP contribution < -0.4 is 10.5 Å². The first-order chi connectivity index (χ1) is 9.50. The van der Waals surface area contributed by atoms with Gasteiger partial charge in [-0.05, 0) is 34.1 Å². The molecule has 8 heteroatoms. The minimum atomic E-state index is -0.559. The van der Waals surface area contributed by atoms with Crippen molar-refractivity contribution in [1.82, 2.24) is 4.98 Å². The number of nitrogens with two attached hydrogens (primary N) is 1. The number of rotatable bonds is 4. The number of amidine groups is 1. The van der Waals surface area contributed by atoms with Gasteiger partial charge in [0.2, 0.25) is 11.6 Å². The van der Waals surface area contributed by atoms with Crippen molar-refractivity contribution >= 4 is 27.5 Å². The predicted molar refractivity (Wildman–Crippen MR) is 76.1 cm³/mol. The molecule has 1 aromatic heterocycles. The number of hydrogen-bond donors (Lipinski definition) is 2. The molecule has 2 rings (SSSR count).